The zero-order chi connectivity index (χ0) is 12.5. The molecule has 0 spiro atoms. The van der Waals surface area contributed by atoms with Gasteiger partial charge in [0.1, 0.15) is 5.60 Å². The molecule has 5 heteroatoms. The van der Waals surface area contributed by atoms with Crippen LogP contribution in [0, 0.1) is 0 Å². The number of rotatable bonds is 3. The van der Waals surface area contributed by atoms with Gasteiger partial charge >= 0.3 is 0 Å². The summed E-state index contributed by atoms with van der Waals surface area (Å²) in [6.07, 6.45) is 6.14. The third-order valence-corrected chi connectivity index (χ3v) is 4.02. The van der Waals surface area contributed by atoms with E-state index < -0.39 is 5.60 Å². The molecule has 1 fully saturated rings. The van der Waals surface area contributed by atoms with Crippen molar-refractivity contribution in [3.8, 4) is 0 Å². The summed E-state index contributed by atoms with van der Waals surface area (Å²) in [6, 6.07) is 0.0885. The molecule has 3 N–H and O–H groups in total. The third-order valence-electron chi connectivity index (χ3n) is 3.44. The lowest BCUT2D eigenvalue weighted by Gasteiger charge is -2.36. The van der Waals surface area contributed by atoms with Crippen LogP contribution in [0.15, 0.2) is 10.7 Å². The molecular formula is C12H20BrN3O. The summed E-state index contributed by atoms with van der Waals surface area (Å²) >= 11 is 3.49. The van der Waals surface area contributed by atoms with Gasteiger partial charge in [0.25, 0.3) is 0 Å². The minimum absolute atomic E-state index is 0.0885. The van der Waals surface area contributed by atoms with Crippen molar-refractivity contribution in [2.24, 2.45) is 5.73 Å². The second kappa shape index (κ2) is 5.08. The Balaban J connectivity index is 2.33. The van der Waals surface area contributed by atoms with Crippen LogP contribution in [-0.4, -0.2) is 20.9 Å². The van der Waals surface area contributed by atoms with E-state index in [1.54, 1.807) is 6.20 Å². The van der Waals surface area contributed by atoms with E-state index in [-0.39, 0.29) is 6.04 Å². The largest absolute Gasteiger partial charge is 0.383 e. The lowest BCUT2D eigenvalue weighted by atomic mass is 9.80. The summed E-state index contributed by atoms with van der Waals surface area (Å²) in [5.74, 6) is 0. The Hall–Kier alpha value is -0.390. The SMILES string of the molecule is CCCn1ncc(Br)c1C1(O)CCCC(N)C1. The molecular weight excluding hydrogens is 282 g/mol. The van der Waals surface area contributed by atoms with Gasteiger partial charge in [-0.05, 0) is 48.0 Å². The molecule has 4 nitrogen and oxygen atoms in total. The summed E-state index contributed by atoms with van der Waals surface area (Å²) in [4.78, 5) is 0. The molecule has 1 aliphatic carbocycles. The second-order valence-electron chi connectivity index (χ2n) is 4.95. The van der Waals surface area contributed by atoms with E-state index in [4.69, 9.17) is 5.73 Å². The quantitative estimate of drug-likeness (QED) is 0.899. The topological polar surface area (TPSA) is 64.1 Å². The highest BCUT2D eigenvalue weighted by atomic mass is 79.9. The molecule has 0 bridgehead atoms. The fraction of sp³-hybridized carbons (Fsp3) is 0.750. The Labute approximate surface area is 110 Å². The second-order valence-corrected chi connectivity index (χ2v) is 5.81. The standard InChI is InChI=1S/C12H20BrN3O/c1-2-6-16-11(10(13)8-15-16)12(17)5-3-4-9(14)7-12/h8-9,17H,2-7,14H2,1H3. The number of nitrogens with zero attached hydrogens (tertiary/aromatic N) is 2. The molecule has 0 saturated heterocycles. The molecule has 2 unspecified atom stereocenters. The third kappa shape index (κ3) is 2.56. The number of aryl methyl sites for hydroxylation is 1. The Morgan fingerprint density at radius 3 is 3.12 bits per heavy atom. The first-order valence-corrected chi connectivity index (χ1v) is 7.06. The molecule has 0 amide bonds. The maximum Gasteiger partial charge on any atom is 0.109 e. The average Bonchev–Trinajstić information content (AvgIpc) is 2.60. The van der Waals surface area contributed by atoms with E-state index in [0.29, 0.717) is 6.42 Å². The van der Waals surface area contributed by atoms with Crippen LogP contribution in [0.3, 0.4) is 0 Å². The van der Waals surface area contributed by atoms with E-state index in [2.05, 4.69) is 28.0 Å². The van der Waals surface area contributed by atoms with Crippen LogP contribution >= 0.6 is 15.9 Å². The fourth-order valence-corrected chi connectivity index (χ4v) is 3.38. The summed E-state index contributed by atoms with van der Waals surface area (Å²) in [5.41, 5.74) is 6.07. The van der Waals surface area contributed by atoms with Gasteiger partial charge in [0.2, 0.25) is 0 Å². The molecule has 1 aromatic heterocycles. The van der Waals surface area contributed by atoms with Crippen LogP contribution in [-0.2, 0) is 12.1 Å². The smallest absolute Gasteiger partial charge is 0.109 e. The van der Waals surface area contributed by atoms with E-state index in [9.17, 15) is 5.11 Å². The van der Waals surface area contributed by atoms with E-state index in [1.165, 1.54) is 0 Å². The highest BCUT2D eigenvalue weighted by Gasteiger charge is 2.38. The van der Waals surface area contributed by atoms with E-state index in [0.717, 1.165) is 42.4 Å². The number of aromatic nitrogens is 2. The summed E-state index contributed by atoms with van der Waals surface area (Å²) in [6.45, 7) is 2.94. The molecule has 1 saturated carbocycles. The predicted molar refractivity (Wildman–Crippen MR) is 70.6 cm³/mol. The minimum Gasteiger partial charge on any atom is -0.383 e. The zero-order valence-corrected chi connectivity index (χ0v) is 11.8. The van der Waals surface area contributed by atoms with Gasteiger partial charge in [-0.2, -0.15) is 5.10 Å². The maximum absolute atomic E-state index is 10.8. The number of halogens is 1. The van der Waals surface area contributed by atoms with Crippen molar-refractivity contribution in [3.63, 3.8) is 0 Å². The van der Waals surface area contributed by atoms with Crippen molar-refractivity contribution in [1.82, 2.24) is 9.78 Å². The molecule has 0 aliphatic heterocycles. The monoisotopic (exact) mass is 301 g/mol. The van der Waals surface area contributed by atoms with Crippen LogP contribution < -0.4 is 5.73 Å². The van der Waals surface area contributed by atoms with Crippen molar-refractivity contribution in [2.75, 3.05) is 0 Å². The first-order valence-electron chi connectivity index (χ1n) is 6.26. The molecule has 96 valence electrons. The van der Waals surface area contributed by atoms with Gasteiger partial charge in [0.15, 0.2) is 0 Å². The Morgan fingerprint density at radius 1 is 1.71 bits per heavy atom. The summed E-state index contributed by atoms with van der Waals surface area (Å²) in [7, 11) is 0. The molecule has 17 heavy (non-hydrogen) atoms. The van der Waals surface area contributed by atoms with Crippen molar-refractivity contribution >= 4 is 15.9 Å². The number of hydrogen-bond acceptors (Lipinski definition) is 3. The average molecular weight is 302 g/mol. The van der Waals surface area contributed by atoms with Gasteiger partial charge in [-0.25, -0.2) is 0 Å². The Morgan fingerprint density at radius 2 is 2.47 bits per heavy atom. The highest BCUT2D eigenvalue weighted by molar-refractivity contribution is 9.10. The van der Waals surface area contributed by atoms with Crippen LogP contribution in [0.1, 0.15) is 44.7 Å². The van der Waals surface area contributed by atoms with Crippen molar-refractivity contribution in [3.05, 3.63) is 16.4 Å². The van der Waals surface area contributed by atoms with Gasteiger partial charge < -0.3 is 10.8 Å². The van der Waals surface area contributed by atoms with Crippen LogP contribution in [0.4, 0.5) is 0 Å². The molecule has 0 radical (unpaired) electrons. The van der Waals surface area contributed by atoms with Gasteiger partial charge in [0, 0.05) is 12.6 Å². The van der Waals surface area contributed by atoms with Gasteiger partial charge in [-0.3, -0.25) is 4.68 Å². The minimum atomic E-state index is -0.817. The van der Waals surface area contributed by atoms with Crippen molar-refractivity contribution in [2.45, 2.75) is 57.2 Å². The molecule has 0 aromatic carbocycles. The lowest BCUT2D eigenvalue weighted by Crippen LogP contribution is -2.40. The lowest BCUT2D eigenvalue weighted by molar-refractivity contribution is -0.0158. The van der Waals surface area contributed by atoms with Gasteiger partial charge in [-0.15, -0.1) is 0 Å². The number of hydrogen-bond donors (Lipinski definition) is 2. The van der Waals surface area contributed by atoms with Gasteiger partial charge in [0.05, 0.1) is 16.4 Å². The van der Waals surface area contributed by atoms with Crippen LogP contribution in [0.2, 0.25) is 0 Å². The zero-order valence-electron chi connectivity index (χ0n) is 10.2. The molecule has 2 atom stereocenters. The molecule has 1 aliphatic rings. The summed E-state index contributed by atoms with van der Waals surface area (Å²) < 4.78 is 2.80. The molecule has 1 aromatic rings. The van der Waals surface area contributed by atoms with Crippen molar-refractivity contribution in [1.29, 1.82) is 0 Å². The van der Waals surface area contributed by atoms with Gasteiger partial charge in [-0.1, -0.05) is 6.92 Å². The number of nitrogens with two attached hydrogens (primary N) is 1. The first-order chi connectivity index (χ1) is 8.07. The van der Waals surface area contributed by atoms with Crippen LogP contribution in [0.5, 0.6) is 0 Å². The van der Waals surface area contributed by atoms with Crippen LogP contribution in [0.25, 0.3) is 0 Å². The first kappa shape index (κ1) is 13.1. The summed E-state index contributed by atoms with van der Waals surface area (Å²) in [5, 5.41) is 15.1. The normalized spacial score (nSPS) is 29.5. The van der Waals surface area contributed by atoms with Crippen molar-refractivity contribution < 1.29 is 5.11 Å². The molecule has 1 heterocycles. The Bertz CT molecular complexity index is 393. The maximum atomic E-state index is 10.8. The predicted octanol–water partition coefficient (Wildman–Crippen LogP) is 2.14. The van der Waals surface area contributed by atoms with E-state index in [1.807, 2.05) is 4.68 Å². The molecule has 2 rings (SSSR count). The highest BCUT2D eigenvalue weighted by Crippen LogP contribution is 2.39. The fourth-order valence-electron chi connectivity index (χ4n) is 2.72. The van der Waals surface area contributed by atoms with E-state index >= 15 is 0 Å². The Kier molecular flexibility index (Phi) is 3.90. The number of aliphatic hydroxyl groups is 1.